The summed E-state index contributed by atoms with van der Waals surface area (Å²) in [7, 11) is 1.50. The van der Waals surface area contributed by atoms with Crippen LogP contribution in [0.5, 0.6) is 0 Å². The number of phosphoric ester groups is 1. The highest BCUT2D eigenvalue weighted by Gasteiger charge is 2.27. The molecule has 2 unspecified atom stereocenters. The number of carbonyl (C=O) groups is 2. The summed E-state index contributed by atoms with van der Waals surface area (Å²) in [5.74, 6) is -0.776. The first-order valence-corrected chi connectivity index (χ1v) is 28.8. The molecule has 0 heterocycles. The van der Waals surface area contributed by atoms with Gasteiger partial charge in [0.1, 0.15) is 19.8 Å². The SMILES string of the molecule is CCCCCCCCCCCCCCCCCCCCCCCCCCC(=O)OC(COC(=O)CCCCCCCCCCCCCCCCC)COP(=O)(O)OCC[N+](C)(C)C. The maximum Gasteiger partial charge on any atom is 0.472 e. The Balaban J connectivity index is 4.12. The molecule has 9 nitrogen and oxygen atoms in total. The van der Waals surface area contributed by atoms with Gasteiger partial charge in [0, 0.05) is 12.8 Å². The van der Waals surface area contributed by atoms with E-state index < -0.39 is 26.5 Å². The quantitative estimate of drug-likeness (QED) is 0.0278. The predicted octanol–water partition coefficient (Wildman–Crippen LogP) is 16.3. The van der Waals surface area contributed by atoms with E-state index >= 15 is 0 Å². The molecule has 0 amide bonds. The first-order chi connectivity index (χ1) is 30.5. The molecule has 0 radical (unpaired) electrons. The van der Waals surface area contributed by atoms with E-state index in [-0.39, 0.29) is 25.6 Å². The average Bonchev–Trinajstić information content (AvgIpc) is 3.24. The number of esters is 2. The van der Waals surface area contributed by atoms with Crippen LogP contribution in [-0.2, 0) is 32.7 Å². The molecule has 0 saturated heterocycles. The van der Waals surface area contributed by atoms with Gasteiger partial charge in [-0.15, -0.1) is 0 Å². The van der Waals surface area contributed by atoms with Crippen molar-refractivity contribution in [2.24, 2.45) is 0 Å². The minimum absolute atomic E-state index is 0.0372. The number of phosphoric acid groups is 1. The van der Waals surface area contributed by atoms with Crippen LogP contribution in [0.15, 0.2) is 0 Å². The molecule has 0 rings (SSSR count). The molecule has 0 aromatic carbocycles. The number of hydrogen-bond acceptors (Lipinski definition) is 7. The van der Waals surface area contributed by atoms with Crippen LogP contribution in [-0.4, -0.2) is 74.9 Å². The van der Waals surface area contributed by atoms with Gasteiger partial charge in [-0.05, 0) is 12.8 Å². The fraction of sp³-hybridized carbons (Fsp3) is 0.962. The topological polar surface area (TPSA) is 108 Å². The molecular weight excluding hydrogens is 810 g/mol. The van der Waals surface area contributed by atoms with Crippen molar-refractivity contribution in [1.82, 2.24) is 0 Å². The Morgan fingerprint density at radius 1 is 0.429 bits per heavy atom. The zero-order chi connectivity index (χ0) is 46.4. The molecule has 0 bridgehead atoms. The maximum absolute atomic E-state index is 12.8. The van der Waals surface area contributed by atoms with E-state index in [9.17, 15) is 19.0 Å². The Bertz CT molecular complexity index is 1040. The third-order valence-corrected chi connectivity index (χ3v) is 13.4. The van der Waals surface area contributed by atoms with Crippen LogP contribution >= 0.6 is 7.82 Å². The summed E-state index contributed by atoms with van der Waals surface area (Å²) in [6.07, 6.45) is 50.2. The average molecular weight is 917 g/mol. The van der Waals surface area contributed by atoms with Crippen molar-refractivity contribution in [3.63, 3.8) is 0 Å². The second-order valence-corrected chi connectivity index (χ2v) is 21.4. The van der Waals surface area contributed by atoms with Crippen molar-refractivity contribution in [1.29, 1.82) is 0 Å². The van der Waals surface area contributed by atoms with Gasteiger partial charge in [0.15, 0.2) is 6.10 Å². The number of quaternary nitrogens is 1. The molecule has 0 spiro atoms. The van der Waals surface area contributed by atoms with Gasteiger partial charge in [0.2, 0.25) is 0 Å². The van der Waals surface area contributed by atoms with E-state index in [0.717, 1.165) is 38.5 Å². The second kappa shape index (κ2) is 46.1. The van der Waals surface area contributed by atoms with E-state index in [1.807, 2.05) is 21.1 Å². The van der Waals surface area contributed by atoms with Crippen LogP contribution in [0.3, 0.4) is 0 Å². The Morgan fingerprint density at radius 3 is 1.02 bits per heavy atom. The number of likely N-dealkylation sites (N-methyl/N-ethyl adjacent to an activating group) is 1. The molecule has 0 aromatic heterocycles. The van der Waals surface area contributed by atoms with Crippen LogP contribution in [0.4, 0.5) is 0 Å². The number of nitrogens with zero attached hydrogens (tertiary/aromatic N) is 1. The Kier molecular flexibility index (Phi) is 45.4. The molecule has 1 N–H and O–H groups in total. The molecule has 376 valence electrons. The van der Waals surface area contributed by atoms with Crippen LogP contribution in [0.1, 0.15) is 277 Å². The van der Waals surface area contributed by atoms with E-state index in [2.05, 4.69) is 13.8 Å². The lowest BCUT2D eigenvalue weighted by molar-refractivity contribution is -0.870. The smallest absolute Gasteiger partial charge is 0.462 e. The Morgan fingerprint density at radius 2 is 0.714 bits per heavy atom. The fourth-order valence-electron chi connectivity index (χ4n) is 8.14. The van der Waals surface area contributed by atoms with E-state index in [1.54, 1.807) is 0 Å². The van der Waals surface area contributed by atoms with Crippen molar-refractivity contribution >= 4 is 19.8 Å². The number of rotatable bonds is 51. The zero-order valence-corrected chi connectivity index (χ0v) is 43.5. The standard InChI is InChI=1S/C53H106NO8P/c1-6-8-10-12-14-16-18-20-22-23-24-25-26-27-28-29-30-32-34-36-38-40-42-44-46-53(56)62-51(50-61-63(57,58)60-48-47-54(3,4)5)49-59-52(55)45-43-41-39-37-35-33-31-21-19-17-15-13-11-9-7-2/h51H,6-50H2,1-5H3/p+1. The predicted molar refractivity (Wildman–Crippen MR) is 266 cm³/mol. The van der Waals surface area contributed by atoms with Gasteiger partial charge in [0.25, 0.3) is 0 Å². The summed E-state index contributed by atoms with van der Waals surface area (Å²) >= 11 is 0. The van der Waals surface area contributed by atoms with Gasteiger partial charge in [-0.3, -0.25) is 18.6 Å². The molecular formula is C53H107NO8P+. The van der Waals surface area contributed by atoms with E-state index in [4.69, 9.17) is 18.5 Å². The second-order valence-electron chi connectivity index (χ2n) is 20.0. The Labute approximate surface area is 391 Å². The van der Waals surface area contributed by atoms with E-state index in [1.165, 1.54) is 212 Å². The normalized spacial score (nSPS) is 13.3. The first-order valence-electron chi connectivity index (χ1n) is 27.3. The maximum atomic E-state index is 12.8. The monoisotopic (exact) mass is 917 g/mol. The highest BCUT2D eigenvalue weighted by Crippen LogP contribution is 2.43. The van der Waals surface area contributed by atoms with Crippen molar-refractivity contribution in [3.8, 4) is 0 Å². The van der Waals surface area contributed by atoms with Crippen molar-refractivity contribution in [2.45, 2.75) is 283 Å². The molecule has 0 aromatic rings. The number of unbranched alkanes of at least 4 members (excludes halogenated alkanes) is 37. The molecule has 0 aliphatic carbocycles. The summed E-state index contributed by atoms with van der Waals surface area (Å²) in [5, 5.41) is 0. The first kappa shape index (κ1) is 62.0. The summed E-state index contributed by atoms with van der Waals surface area (Å²) in [6.45, 7) is 4.49. The van der Waals surface area contributed by atoms with Crippen molar-refractivity contribution < 1.29 is 42.1 Å². The third-order valence-electron chi connectivity index (χ3n) is 12.4. The van der Waals surface area contributed by atoms with Crippen molar-refractivity contribution in [3.05, 3.63) is 0 Å². The lowest BCUT2D eigenvalue weighted by Crippen LogP contribution is -2.37. The molecule has 0 aliphatic heterocycles. The van der Waals surface area contributed by atoms with Gasteiger partial charge < -0.3 is 18.9 Å². The molecule has 63 heavy (non-hydrogen) atoms. The minimum atomic E-state index is -4.37. The van der Waals surface area contributed by atoms with Gasteiger partial charge >= 0.3 is 19.8 Å². The lowest BCUT2D eigenvalue weighted by Gasteiger charge is -2.24. The van der Waals surface area contributed by atoms with Crippen LogP contribution in [0.25, 0.3) is 0 Å². The molecule has 0 aliphatic rings. The van der Waals surface area contributed by atoms with Gasteiger partial charge in [-0.2, -0.15) is 0 Å². The van der Waals surface area contributed by atoms with Gasteiger partial charge in [-0.1, -0.05) is 251 Å². The summed E-state index contributed by atoms with van der Waals surface area (Å²) in [6, 6.07) is 0. The summed E-state index contributed by atoms with van der Waals surface area (Å²) in [4.78, 5) is 35.6. The fourth-order valence-corrected chi connectivity index (χ4v) is 8.88. The molecule has 0 fully saturated rings. The Hall–Kier alpha value is -0.990. The highest BCUT2D eigenvalue weighted by molar-refractivity contribution is 7.47. The largest absolute Gasteiger partial charge is 0.472 e. The summed E-state index contributed by atoms with van der Waals surface area (Å²) in [5.41, 5.74) is 0. The molecule has 10 heteroatoms. The molecule has 2 atom stereocenters. The minimum Gasteiger partial charge on any atom is -0.462 e. The number of ether oxygens (including phenoxy) is 2. The van der Waals surface area contributed by atoms with Crippen LogP contribution in [0.2, 0.25) is 0 Å². The van der Waals surface area contributed by atoms with E-state index in [0.29, 0.717) is 17.4 Å². The van der Waals surface area contributed by atoms with Crippen LogP contribution < -0.4 is 0 Å². The lowest BCUT2D eigenvalue weighted by atomic mass is 10.0. The van der Waals surface area contributed by atoms with Crippen molar-refractivity contribution in [2.75, 3.05) is 47.5 Å². The highest BCUT2D eigenvalue weighted by atomic mass is 31.2. The summed E-state index contributed by atoms with van der Waals surface area (Å²) < 4.78 is 34.5. The van der Waals surface area contributed by atoms with Crippen LogP contribution in [0, 0.1) is 0 Å². The zero-order valence-electron chi connectivity index (χ0n) is 42.6. The number of carbonyl (C=O) groups excluding carboxylic acids is 2. The van der Waals surface area contributed by atoms with Gasteiger partial charge in [0.05, 0.1) is 27.7 Å². The van der Waals surface area contributed by atoms with Gasteiger partial charge in [-0.25, -0.2) is 4.57 Å². The third kappa shape index (κ3) is 50.3. The molecule has 0 saturated carbocycles. The number of hydrogen-bond donors (Lipinski definition) is 1.